The van der Waals surface area contributed by atoms with Gasteiger partial charge in [0.1, 0.15) is 11.5 Å². The predicted octanol–water partition coefficient (Wildman–Crippen LogP) is 6.60. The Balaban J connectivity index is 1.45. The van der Waals surface area contributed by atoms with Crippen molar-refractivity contribution in [2.24, 2.45) is 0 Å². The summed E-state index contributed by atoms with van der Waals surface area (Å²) in [7, 11) is -11.3. The van der Waals surface area contributed by atoms with Gasteiger partial charge in [-0.25, -0.2) is 4.57 Å². The van der Waals surface area contributed by atoms with E-state index in [1.54, 1.807) is 0 Å². The molecule has 8 aromatic carbocycles. The zero-order chi connectivity index (χ0) is 39.0. The summed E-state index contributed by atoms with van der Waals surface area (Å²) in [6.07, 6.45) is 0. The second-order valence-corrected chi connectivity index (χ2v) is 23.5. The van der Waals surface area contributed by atoms with Crippen LogP contribution in [-0.2, 0) is 4.57 Å². The molecule has 8 aromatic rings. The van der Waals surface area contributed by atoms with E-state index in [1.165, 1.54) is 0 Å². The molecule has 1 heterocycles. The summed E-state index contributed by atoms with van der Waals surface area (Å²) in [4.78, 5) is 12.2. The first-order valence-electron chi connectivity index (χ1n) is 19.2. The molecule has 0 unspecified atom stereocenters. The normalized spacial score (nSPS) is 13.3. The van der Waals surface area contributed by atoms with E-state index in [1.807, 2.05) is 36.4 Å². The molecule has 0 saturated carbocycles. The molecule has 0 aliphatic carbocycles. The van der Waals surface area contributed by atoms with Gasteiger partial charge in [-0.05, 0) is 66.5 Å². The van der Waals surface area contributed by atoms with E-state index in [0.29, 0.717) is 11.5 Å². The van der Waals surface area contributed by atoms with Crippen LogP contribution in [-0.4, -0.2) is 21.0 Å². The van der Waals surface area contributed by atoms with Gasteiger partial charge in [0.25, 0.3) is 0 Å². The summed E-state index contributed by atoms with van der Waals surface area (Å²) in [6.45, 7) is 4.12. The van der Waals surface area contributed by atoms with E-state index < -0.39 is 24.0 Å². The highest BCUT2D eigenvalue weighted by molar-refractivity contribution is 7.48. The van der Waals surface area contributed by atoms with Crippen molar-refractivity contribution in [1.29, 1.82) is 0 Å². The number of fused-ring (bicyclic) bond motifs is 3. The molecular formula is C50H41O4PSi2. The average molecular weight is 793 g/mol. The minimum absolute atomic E-state index is 0.384. The fourth-order valence-corrected chi connectivity index (χ4v) is 19.8. The molecule has 57 heavy (non-hydrogen) atoms. The van der Waals surface area contributed by atoms with Crippen molar-refractivity contribution >= 4 is 65.5 Å². The Morgan fingerprint density at radius 3 is 0.825 bits per heavy atom. The monoisotopic (exact) mass is 792 g/mol. The lowest BCUT2D eigenvalue weighted by Gasteiger charge is -2.36. The molecular weight excluding hydrogens is 752 g/mol. The smallest absolute Gasteiger partial charge is 0.395 e. The van der Waals surface area contributed by atoms with Crippen molar-refractivity contribution in [2.75, 3.05) is 0 Å². The Morgan fingerprint density at radius 2 is 0.596 bits per heavy atom. The molecule has 0 atom stereocenters. The fraction of sp³-hybridized carbons (Fsp3) is 0.0400. The second-order valence-electron chi connectivity index (χ2n) is 14.6. The van der Waals surface area contributed by atoms with Crippen LogP contribution in [0.1, 0.15) is 11.1 Å². The molecule has 0 bridgehead atoms. The number of phosphoric ester groups is 1. The summed E-state index contributed by atoms with van der Waals surface area (Å²) < 4.78 is 28.1. The third-order valence-electron chi connectivity index (χ3n) is 11.4. The molecule has 9 rings (SSSR count). The minimum atomic E-state index is -4.83. The largest absolute Gasteiger partial charge is 0.584 e. The lowest BCUT2D eigenvalue weighted by atomic mass is 9.94. The zero-order valence-corrected chi connectivity index (χ0v) is 34.6. The zero-order valence-electron chi connectivity index (χ0n) is 31.7. The Bertz CT molecular complexity index is 2350. The molecule has 0 aromatic heterocycles. The molecule has 278 valence electrons. The van der Waals surface area contributed by atoms with E-state index >= 15 is 0 Å². The van der Waals surface area contributed by atoms with Crippen LogP contribution < -0.4 is 50.5 Å². The van der Waals surface area contributed by atoms with Gasteiger partial charge in [-0.3, -0.25) is 4.89 Å². The van der Waals surface area contributed by atoms with Crippen LogP contribution in [0.5, 0.6) is 11.5 Å². The SMILES string of the molecule is Cc1ccc([Si](c2ccccc2)(c2ccccc2)c2ccccc2)c2c1-c1c(C)ccc([Si](c3ccccc3)(c3ccccc3)c3ccccc3)c1OP(=O)(O)O2. The lowest BCUT2D eigenvalue weighted by Crippen LogP contribution is -2.75. The molecule has 1 N–H and O–H groups in total. The number of hydrogen-bond acceptors (Lipinski definition) is 3. The highest BCUT2D eigenvalue weighted by atomic mass is 31.2. The highest BCUT2D eigenvalue weighted by Crippen LogP contribution is 2.54. The maximum Gasteiger partial charge on any atom is 0.584 e. The summed E-state index contributed by atoms with van der Waals surface area (Å²) in [5.74, 6) is 0.768. The van der Waals surface area contributed by atoms with E-state index in [2.05, 4.69) is 184 Å². The summed E-state index contributed by atoms with van der Waals surface area (Å²) in [5.41, 5.74) is 3.38. The quantitative estimate of drug-likeness (QED) is 0.107. The van der Waals surface area contributed by atoms with Gasteiger partial charge < -0.3 is 9.05 Å². The molecule has 0 radical (unpaired) electrons. The Labute approximate surface area is 336 Å². The van der Waals surface area contributed by atoms with Crippen LogP contribution in [0.15, 0.2) is 206 Å². The van der Waals surface area contributed by atoms with Gasteiger partial charge in [0, 0.05) is 11.1 Å². The fourth-order valence-electron chi connectivity index (χ4n) is 9.08. The average Bonchev–Trinajstić information content (AvgIpc) is 3.39. The van der Waals surface area contributed by atoms with Crippen molar-refractivity contribution in [1.82, 2.24) is 0 Å². The Morgan fingerprint density at radius 1 is 0.368 bits per heavy atom. The van der Waals surface area contributed by atoms with Crippen LogP contribution in [0.25, 0.3) is 11.1 Å². The first-order valence-corrected chi connectivity index (χ1v) is 24.7. The van der Waals surface area contributed by atoms with Gasteiger partial charge >= 0.3 is 7.82 Å². The van der Waals surface area contributed by atoms with Gasteiger partial charge in [0.05, 0.1) is 0 Å². The third-order valence-corrected chi connectivity index (χ3v) is 21.9. The predicted molar refractivity (Wildman–Crippen MR) is 240 cm³/mol. The summed E-state index contributed by atoms with van der Waals surface area (Å²) >= 11 is 0. The van der Waals surface area contributed by atoms with Crippen molar-refractivity contribution in [2.45, 2.75) is 13.8 Å². The van der Waals surface area contributed by atoms with Crippen LogP contribution in [0.4, 0.5) is 0 Å². The second kappa shape index (κ2) is 14.8. The number of rotatable bonds is 8. The van der Waals surface area contributed by atoms with Crippen LogP contribution in [0.3, 0.4) is 0 Å². The van der Waals surface area contributed by atoms with E-state index in [4.69, 9.17) is 9.05 Å². The van der Waals surface area contributed by atoms with Gasteiger partial charge in [0.2, 0.25) is 0 Å². The van der Waals surface area contributed by atoms with E-state index in [9.17, 15) is 9.46 Å². The van der Waals surface area contributed by atoms with Crippen molar-refractivity contribution in [3.63, 3.8) is 0 Å². The van der Waals surface area contributed by atoms with Gasteiger partial charge in [-0.15, -0.1) is 0 Å². The summed E-state index contributed by atoms with van der Waals surface area (Å²) in [5, 5.41) is 8.52. The number of hydrogen-bond donors (Lipinski definition) is 1. The summed E-state index contributed by atoms with van der Waals surface area (Å²) in [6, 6.07) is 71.8. The minimum Gasteiger partial charge on any atom is -0.395 e. The van der Waals surface area contributed by atoms with Gasteiger partial charge in [0.15, 0.2) is 16.1 Å². The van der Waals surface area contributed by atoms with Crippen LogP contribution in [0, 0.1) is 13.8 Å². The molecule has 0 saturated heterocycles. The molecule has 1 aliphatic rings. The molecule has 0 fully saturated rings. The Kier molecular flexibility index (Phi) is 9.51. The number of benzene rings is 8. The molecule has 4 nitrogen and oxygen atoms in total. The third kappa shape index (κ3) is 6.04. The van der Waals surface area contributed by atoms with Crippen molar-refractivity contribution < 1.29 is 18.5 Å². The maximum atomic E-state index is 14.9. The number of phosphoric acid groups is 1. The molecule has 0 amide bonds. The van der Waals surface area contributed by atoms with Gasteiger partial charge in [-0.2, -0.15) is 0 Å². The molecule has 0 spiro atoms. The van der Waals surface area contributed by atoms with Crippen molar-refractivity contribution in [3.8, 4) is 22.6 Å². The lowest BCUT2D eigenvalue weighted by molar-refractivity contribution is 0.296. The molecule has 7 heteroatoms. The van der Waals surface area contributed by atoms with E-state index in [0.717, 1.165) is 63.7 Å². The van der Waals surface area contributed by atoms with Crippen LogP contribution in [0.2, 0.25) is 0 Å². The first-order chi connectivity index (χ1) is 27.9. The Hall–Kier alpha value is -6.02. The van der Waals surface area contributed by atoms with Gasteiger partial charge in [-0.1, -0.05) is 206 Å². The molecule has 1 aliphatic heterocycles. The first kappa shape index (κ1) is 36.6. The number of aryl methyl sites for hydroxylation is 2. The van der Waals surface area contributed by atoms with E-state index in [-0.39, 0.29) is 0 Å². The highest BCUT2D eigenvalue weighted by Gasteiger charge is 2.50. The van der Waals surface area contributed by atoms with Crippen molar-refractivity contribution in [3.05, 3.63) is 217 Å². The maximum absolute atomic E-state index is 14.9. The topological polar surface area (TPSA) is 55.8 Å². The standard InChI is InChI=1S/C50H41O4PSi2/c1-37-33-35-45(56(39-21-9-3-10-22-39,40-23-11-4-12-24-40)41-25-13-5-14-26-41)49-47(37)48-38(2)34-36-46(50(48)54-55(51,52)53-49)57(42-27-15-6-16-28-42,43-29-17-7-18-30-43)44-31-19-8-20-32-44/h3-36H,1-2H3,(H,51,52). The van der Waals surface area contributed by atoms with Crippen LogP contribution >= 0.6 is 7.82 Å².